The Morgan fingerprint density at radius 1 is 0.815 bits per heavy atom. The van der Waals surface area contributed by atoms with Crippen molar-refractivity contribution >= 4 is 24.3 Å². The molecule has 130 valence electrons. The molecule has 4 rings (SSSR count). The maximum absolute atomic E-state index is 6.43. The average Bonchev–Trinajstić information content (AvgIpc) is 3.11. The zero-order valence-electron chi connectivity index (χ0n) is 15.8. The number of fused-ring (bicyclic) bond motifs is 1. The molecular formula is C21H20LiN3OSi. The molecule has 0 atom stereocenters. The van der Waals surface area contributed by atoms with Gasteiger partial charge in [0.2, 0.25) is 0 Å². The van der Waals surface area contributed by atoms with Crippen LogP contribution in [0.1, 0.15) is 0 Å². The van der Waals surface area contributed by atoms with Gasteiger partial charge in [0.1, 0.15) is 5.75 Å². The summed E-state index contributed by atoms with van der Waals surface area (Å²) in [5, 5.41) is 10.0. The smallest absolute Gasteiger partial charge is 0.533 e. The number of para-hydroxylation sites is 2. The summed E-state index contributed by atoms with van der Waals surface area (Å²) in [4.78, 5) is 0. The van der Waals surface area contributed by atoms with Gasteiger partial charge in [-0.1, -0.05) is 95.7 Å². The van der Waals surface area contributed by atoms with Crippen LogP contribution in [0.2, 0.25) is 13.1 Å². The molecule has 0 saturated carbocycles. The van der Waals surface area contributed by atoms with Gasteiger partial charge in [0.15, 0.2) is 0 Å². The predicted octanol–water partition coefficient (Wildman–Crippen LogP) is 1.01. The summed E-state index contributed by atoms with van der Waals surface area (Å²) in [6.07, 6.45) is 0. The number of hydrogen-bond donors (Lipinski definition) is 0. The Hall–Kier alpha value is -2.46. The van der Waals surface area contributed by atoms with Crippen LogP contribution in [0.25, 0.3) is 11.0 Å². The molecule has 3 aromatic carbocycles. The van der Waals surface area contributed by atoms with Gasteiger partial charge in [0.05, 0.1) is 8.07 Å². The van der Waals surface area contributed by atoms with Crippen molar-refractivity contribution in [1.29, 1.82) is 0 Å². The number of rotatable bonds is 5. The van der Waals surface area contributed by atoms with Crippen molar-refractivity contribution in [3.8, 4) is 5.75 Å². The first-order valence-corrected chi connectivity index (χ1v) is 11.6. The van der Waals surface area contributed by atoms with Gasteiger partial charge in [-0.05, 0) is 12.1 Å². The van der Waals surface area contributed by atoms with Gasteiger partial charge in [-0.25, -0.2) is 0 Å². The van der Waals surface area contributed by atoms with Crippen LogP contribution >= 0.6 is 0 Å². The van der Waals surface area contributed by atoms with Crippen molar-refractivity contribution in [1.82, 2.24) is 15.0 Å². The molecule has 0 aliphatic rings. The molecule has 0 saturated heterocycles. The Morgan fingerprint density at radius 2 is 1.41 bits per heavy atom. The monoisotopic (exact) mass is 365 g/mol. The largest absolute Gasteiger partial charge is 1.00 e. The second kappa shape index (κ2) is 8.05. The minimum atomic E-state index is -2.16. The SMILES string of the molecule is C[Si](C)(c1ccccc1)[C-](Oc1ccccc1)n1nnc2ccccc21.[Li+]. The fraction of sp³-hybridized carbons (Fsp3) is 0.0952. The predicted molar refractivity (Wildman–Crippen MR) is 107 cm³/mol. The van der Waals surface area contributed by atoms with Crippen LogP contribution in [0.15, 0.2) is 84.9 Å². The molecular weight excluding hydrogens is 345 g/mol. The van der Waals surface area contributed by atoms with Crippen LogP contribution in [-0.4, -0.2) is 23.1 Å². The Morgan fingerprint density at radius 3 is 2.11 bits per heavy atom. The Balaban J connectivity index is 0.00000210. The van der Waals surface area contributed by atoms with Gasteiger partial charge in [-0.15, -0.1) is 6.07 Å². The zero-order valence-corrected chi connectivity index (χ0v) is 16.8. The van der Waals surface area contributed by atoms with E-state index in [1.54, 1.807) is 0 Å². The number of benzene rings is 3. The summed E-state index contributed by atoms with van der Waals surface area (Å²) in [6.45, 7) is 4.55. The zero-order chi connectivity index (χ0) is 18.0. The molecule has 0 aliphatic heterocycles. The van der Waals surface area contributed by atoms with Crippen LogP contribution in [-0.2, 0) is 0 Å². The third-order valence-electron chi connectivity index (χ3n) is 4.53. The number of hydrogen-bond acceptors (Lipinski definition) is 3. The van der Waals surface area contributed by atoms with Gasteiger partial charge in [0.25, 0.3) is 0 Å². The van der Waals surface area contributed by atoms with Crippen molar-refractivity contribution in [2.75, 3.05) is 0 Å². The standard InChI is InChI=1S/C21H20N3OSi.Li/c1-26(2,18-13-7-4-8-14-18)21(25-17-11-5-3-6-12-17)24-20-16-10-9-15-19(20)22-23-24;/h3-16H,1-2H3;/q-1;+1. The molecule has 4 nitrogen and oxygen atoms in total. The normalized spacial score (nSPS) is 11.0. The van der Waals surface area contributed by atoms with E-state index in [1.807, 2.05) is 65.3 Å². The van der Waals surface area contributed by atoms with E-state index in [1.165, 1.54) is 5.19 Å². The summed E-state index contributed by atoms with van der Waals surface area (Å²) >= 11 is 0. The molecule has 27 heavy (non-hydrogen) atoms. The minimum Gasteiger partial charge on any atom is -0.533 e. The minimum absolute atomic E-state index is 0. The van der Waals surface area contributed by atoms with Crippen molar-refractivity contribution in [3.05, 3.63) is 90.8 Å². The van der Waals surface area contributed by atoms with Crippen LogP contribution in [0.5, 0.6) is 5.75 Å². The van der Waals surface area contributed by atoms with Crippen LogP contribution in [0.3, 0.4) is 0 Å². The van der Waals surface area contributed by atoms with Crippen molar-refractivity contribution < 1.29 is 23.6 Å². The first-order chi connectivity index (χ1) is 12.7. The van der Waals surface area contributed by atoms with E-state index in [0.717, 1.165) is 22.6 Å². The van der Waals surface area contributed by atoms with E-state index in [4.69, 9.17) is 4.74 Å². The van der Waals surface area contributed by atoms with E-state index >= 15 is 0 Å². The van der Waals surface area contributed by atoms with E-state index in [9.17, 15) is 0 Å². The topological polar surface area (TPSA) is 39.9 Å². The molecule has 0 amide bonds. The third-order valence-corrected chi connectivity index (χ3v) is 7.69. The van der Waals surface area contributed by atoms with Gasteiger partial charge in [-0.2, -0.15) is 5.10 Å². The van der Waals surface area contributed by atoms with E-state index in [0.29, 0.717) is 0 Å². The molecule has 0 bridgehead atoms. The molecule has 0 fully saturated rings. The maximum atomic E-state index is 6.43. The molecule has 1 aromatic heterocycles. The van der Waals surface area contributed by atoms with Crippen LogP contribution in [0, 0.1) is 5.85 Å². The fourth-order valence-electron chi connectivity index (χ4n) is 3.03. The van der Waals surface area contributed by atoms with E-state index in [2.05, 4.69) is 47.7 Å². The first-order valence-electron chi connectivity index (χ1n) is 8.63. The van der Waals surface area contributed by atoms with E-state index in [-0.39, 0.29) is 18.9 Å². The molecule has 4 aromatic rings. The summed E-state index contributed by atoms with van der Waals surface area (Å²) in [5.74, 6) is 1.65. The third kappa shape index (κ3) is 3.81. The van der Waals surface area contributed by atoms with Crippen LogP contribution < -0.4 is 28.8 Å². The Kier molecular flexibility index (Phi) is 5.76. The summed E-state index contributed by atoms with van der Waals surface area (Å²) in [7, 11) is -2.16. The van der Waals surface area contributed by atoms with Gasteiger partial charge >= 0.3 is 18.9 Å². The number of ether oxygens (including phenoxy) is 1. The molecule has 0 radical (unpaired) electrons. The maximum Gasteiger partial charge on any atom is 1.00 e. The molecule has 0 aliphatic carbocycles. The second-order valence-electron chi connectivity index (χ2n) is 6.70. The molecule has 0 N–H and O–H groups in total. The molecule has 6 heteroatoms. The first kappa shape index (κ1) is 19.3. The second-order valence-corrected chi connectivity index (χ2v) is 11.0. The Labute approximate surface area is 172 Å². The van der Waals surface area contributed by atoms with Crippen molar-refractivity contribution in [3.63, 3.8) is 0 Å². The van der Waals surface area contributed by atoms with Gasteiger partial charge in [-0.3, -0.25) is 0 Å². The summed E-state index contributed by atoms with van der Waals surface area (Å²) in [6, 6.07) is 28.4. The molecule has 0 unspecified atom stereocenters. The van der Waals surface area contributed by atoms with Crippen molar-refractivity contribution in [2.24, 2.45) is 0 Å². The fourth-order valence-corrected chi connectivity index (χ4v) is 5.37. The Bertz CT molecular complexity index is 1010. The molecule has 1 heterocycles. The van der Waals surface area contributed by atoms with E-state index < -0.39 is 8.07 Å². The van der Waals surface area contributed by atoms with Crippen LogP contribution in [0.4, 0.5) is 0 Å². The van der Waals surface area contributed by atoms with Gasteiger partial charge < -0.3 is 9.42 Å². The van der Waals surface area contributed by atoms with Crippen molar-refractivity contribution in [2.45, 2.75) is 13.1 Å². The van der Waals surface area contributed by atoms with Gasteiger partial charge in [0, 0.05) is 11.4 Å². The molecule has 0 spiro atoms. The average molecular weight is 365 g/mol. The number of aromatic nitrogens is 3. The number of nitrogens with zero attached hydrogens (tertiary/aromatic N) is 3. The quantitative estimate of drug-likeness (QED) is 0.391. The summed E-state index contributed by atoms with van der Waals surface area (Å²) < 4.78 is 8.29. The summed E-state index contributed by atoms with van der Waals surface area (Å²) in [5.41, 5.74) is 1.81.